The number of hydrogen-bond donors (Lipinski definition) is 1. The third kappa shape index (κ3) is 3.14. The third-order valence-electron chi connectivity index (χ3n) is 3.03. The van der Waals surface area contributed by atoms with E-state index < -0.39 is 6.10 Å². The van der Waals surface area contributed by atoms with Gasteiger partial charge in [0.1, 0.15) is 11.5 Å². The lowest BCUT2D eigenvalue weighted by atomic mass is 10.1. The molecule has 0 bridgehead atoms. The topological polar surface area (TPSA) is 66.1 Å². The first-order valence-electron chi connectivity index (χ1n) is 6.46. The summed E-state index contributed by atoms with van der Waals surface area (Å²) in [6.07, 6.45) is 1.65. The van der Waals surface area contributed by atoms with Crippen molar-refractivity contribution in [3.05, 3.63) is 53.3 Å². The molecule has 2 aromatic rings. The van der Waals surface area contributed by atoms with E-state index in [9.17, 15) is 5.11 Å². The number of aromatic nitrogens is 1. The molecule has 0 aliphatic carbocycles. The molecule has 1 atom stereocenters. The molecule has 2 rings (SSSR count). The second kappa shape index (κ2) is 6.18. The quantitative estimate of drug-likeness (QED) is 0.921. The Hall–Kier alpha value is -2.38. The van der Waals surface area contributed by atoms with Gasteiger partial charge in [0.15, 0.2) is 0 Å². The number of nitriles is 1. The summed E-state index contributed by atoms with van der Waals surface area (Å²) in [6.45, 7) is 3.81. The summed E-state index contributed by atoms with van der Waals surface area (Å²) >= 11 is 0. The number of nitrogens with zero attached hydrogens (tertiary/aromatic N) is 2. The molecule has 0 unspecified atom stereocenters. The van der Waals surface area contributed by atoms with Crippen LogP contribution in [0.2, 0.25) is 0 Å². The van der Waals surface area contributed by atoms with Crippen molar-refractivity contribution in [2.24, 2.45) is 0 Å². The van der Waals surface area contributed by atoms with Crippen LogP contribution in [0.15, 0.2) is 36.5 Å². The highest BCUT2D eigenvalue weighted by atomic mass is 16.5. The lowest BCUT2D eigenvalue weighted by Crippen LogP contribution is -1.98. The number of benzene rings is 1. The Morgan fingerprint density at radius 1 is 1.35 bits per heavy atom. The standard InChI is InChI=1S/C16H16N2O2/c1-3-15(19)14-7-6-13(10-18-14)20-16-8-12(9-17)5-4-11(16)2/h4-8,10,15,19H,3H2,1-2H3/t15-/m1/s1. The number of ether oxygens (including phenoxy) is 1. The van der Waals surface area contributed by atoms with Gasteiger partial charge in [-0.25, -0.2) is 0 Å². The van der Waals surface area contributed by atoms with Gasteiger partial charge in [0.2, 0.25) is 0 Å². The molecule has 4 heteroatoms. The minimum atomic E-state index is -0.548. The fraction of sp³-hybridized carbons (Fsp3) is 0.250. The number of pyridine rings is 1. The SMILES string of the molecule is CC[C@@H](O)c1ccc(Oc2cc(C#N)ccc2C)cn1. The summed E-state index contributed by atoms with van der Waals surface area (Å²) in [7, 11) is 0. The number of aryl methyl sites for hydroxylation is 1. The van der Waals surface area contributed by atoms with Crippen LogP contribution in [0, 0.1) is 18.3 Å². The van der Waals surface area contributed by atoms with E-state index in [4.69, 9.17) is 10.00 Å². The van der Waals surface area contributed by atoms with Crippen LogP contribution in [0.1, 0.15) is 36.3 Å². The van der Waals surface area contributed by atoms with Gasteiger partial charge in [-0.05, 0) is 43.2 Å². The van der Waals surface area contributed by atoms with E-state index >= 15 is 0 Å². The predicted molar refractivity (Wildman–Crippen MR) is 75.5 cm³/mol. The fourth-order valence-electron chi connectivity index (χ4n) is 1.76. The normalized spacial score (nSPS) is 11.7. The van der Waals surface area contributed by atoms with Crippen molar-refractivity contribution in [1.29, 1.82) is 5.26 Å². The number of aliphatic hydroxyl groups is 1. The zero-order chi connectivity index (χ0) is 14.5. The summed E-state index contributed by atoms with van der Waals surface area (Å²) in [5.41, 5.74) is 2.13. The smallest absolute Gasteiger partial charge is 0.145 e. The highest BCUT2D eigenvalue weighted by Crippen LogP contribution is 2.26. The van der Waals surface area contributed by atoms with E-state index in [1.165, 1.54) is 0 Å². The predicted octanol–water partition coefficient (Wildman–Crippen LogP) is 3.50. The van der Waals surface area contributed by atoms with Crippen LogP contribution in [0.4, 0.5) is 0 Å². The van der Waals surface area contributed by atoms with E-state index in [1.54, 1.807) is 30.5 Å². The molecule has 1 heterocycles. The van der Waals surface area contributed by atoms with Crippen LogP contribution in [0.5, 0.6) is 11.5 Å². The summed E-state index contributed by atoms with van der Waals surface area (Å²) in [5.74, 6) is 1.21. The maximum absolute atomic E-state index is 9.68. The molecule has 1 aromatic carbocycles. The Labute approximate surface area is 118 Å². The number of aliphatic hydroxyl groups excluding tert-OH is 1. The monoisotopic (exact) mass is 268 g/mol. The van der Waals surface area contributed by atoms with Gasteiger partial charge in [0.05, 0.1) is 29.6 Å². The van der Waals surface area contributed by atoms with Crippen molar-refractivity contribution in [3.63, 3.8) is 0 Å². The van der Waals surface area contributed by atoms with Gasteiger partial charge in [-0.1, -0.05) is 13.0 Å². The summed E-state index contributed by atoms with van der Waals surface area (Å²) in [4.78, 5) is 4.18. The summed E-state index contributed by atoms with van der Waals surface area (Å²) < 4.78 is 5.72. The fourth-order valence-corrected chi connectivity index (χ4v) is 1.76. The molecule has 1 aromatic heterocycles. The first-order chi connectivity index (χ1) is 9.63. The maximum Gasteiger partial charge on any atom is 0.145 e. The first-order valence-corrected chi connectivity index (χ1v) is 6.46. The van der Waals surface area contributed by atoms with Gasteiger partial charge < -0.3 is 9.84 Å². The van der Waals surface area contributed by atoms with Crippen LogP contribution in [-0.4, -0.2) is 10.1 Å². The molecule has 1 N–H and O–H groups in total. The minimum absolute atomic E-state index is 0.548. The van der Waals surface area contributed by atoms with Gasteiger partial charge >= 0.3 is 0 Å². The molecule has 4 nitrogen and oxygen atoms in total. The molecule has 102 valence electrons. The van der Waals surface area contributed by atoms with Gasteiger partial charge in [-0.15, -0.1) is 0 Å². The molecular formula is C16H16N2O2. The van der Waals surface area contributed by atoms with E-state index in [-0.39, 0.29) is 0 Å². The number of rotatable bonds is 4. The average Bonchev–Trinajstić information content (AvgIpc) is 2.49. The van der Waals surface area contributed by atoms with Crippen LogP contribution >= 0.6 is 0 Å². The van der Waals surface area contributed by atoms with E-state index in [0.717, 1.165) is 5.56 Å². The first kappa shape index (κ1) is 14.0. The largest absolute Gasteiger partial charge is 0.455 e. The van der Waals surface area contributed by atoms with Crippen molar-refractivity contribution in [3.8, 4) is 17.6 Å². The van der Waals surface area contributed by atoms with Gasteiger partial charge in [-0.2, -0.15) is 5.26 Å². The van der Waals surface area contributed by atoms with Crippen LogP contribution in [0.3, 0.4) is 0 Å². The van der Waals surface area contributed by atoms with Crippen molar-refractivity contribution in [1.82, 2.24) is 4.98 Å². The summed E-state index contributed by atoms with van der Waals surface area (Å²) in [6, 6.07) is 10.9. The Bertz CT molecular complexity index is 630. The van der Waals surface area contributed by atoms with Crippen LogP contribution in [-0.2, 0) is 0 Å². The lowest BCUT2D eigenvalue weighted by Gasteiger charge is -2.10. The minimum Gasteiger partial charge on any atom is -0.455 e. The summed E-state index contributed by atoms with van der Waals surface area (Å²) in [5, 5.41) is 18.6. The van der Waals surface area contributed by atoms with E-state index in [0.29, 0.717) is 29.2 Å². The Morgan fingerprint density at radius 3 is 2.75 bits per heavy atom. The van der Waals surface area contributed by atoms with E-state index in [1.807, 2.05) is 19.9 Å². The number of hydrogen-bond acceptors (Lipinski definition) is 4. The Morgan fingerprint density at radius 2 is 2.15 bits per heavy atom. The molecule has 0 aliphatic rings. The zero-order valence-electron chi connectivity index (χ0n) is 11.5. The van der Waals surface area contributed by atoms with Crippen molar-refractivity contribution in [2.75, 3.05) is 0 Å². The van der Waals surface area contributed by atoms with Crippen molar-refractivity contribution >= 4 is 0 Å². The molecule has 0 fully saturated rings. The van der Waals surface area contributed by atoms with Gasteiger partial charge in [0, 0.05) is 0 Å². The molecule has 0 spiro atoms. The molecule has 0 aliphatic heterocycles. The second-order valence-electron chi connectivity index (χ2n) is 4.54. The van der Waals surface area contributed by atoms with E-state index in [2.05, 4.69) is 11.1 Å². The molecule has 0 saturated heterocycles. The molecule has 0 amide bonds. The molecule has 20 heavy (non-hydrogen) atoms. The Kier molecular flexibility index (Phi) is 4.34. The second-order valence-corrected chi connectivity index (χ2v) is 4.54. The highest BCUT2D eigenvalue weighted by molar-refractivity contribution is 5.43. The third-order valence-corrected chi connectivity index (χ3v) is 3.03. The van der Waals surface area contributed by atoms with Crippen LogP contribution in [0.25, 0.3) is 0 Å². The Balaban J connectivity index is 2.20. The van der Waals surface area contributed by atoms with Crippen LogP contribution < -0.4 is 4.74 Å². The molecular weight excluding hydrogens is 252 g/mol. The van der Waals surface area contributed by atoms with Gasteiger partial charge in [0.25, 0.3) is 0 Å². The van der Waals surface area contributed by atoms with Crippen molar-refractivity contribution in [2.45, 2.75) is 26.4 Å². The maximum atomic E-state index is 9.68. The molecule has 0 radical (unpaired) electrons. The van der Waals surface area contributed by atoms with Gasteiger partial charge in [-0.3, -0.25) is 4.98 Å². The average molecular weight is 268 g/mol. The molecule has 0 saturated carbocycles. The van der Waals surface area contributed by atoms with Crippen molar-refractivity contribution < 1.29 is 9.84 Å². The lowest BCUT2D eigenvalue weighted by molar-refractivity contribution is 0.169. The highest BCUT2D eigenvalue weighted by Gasteiger charge is 2.07. The zero-order valence-corrected chi connectivity index (χ0v) is 11.5.